The van der Waals surface area contributed by atoms with Crippen LogP contribution in [0.3, 0.4) is 0 Å². The molecule has 5 nitrogen and oxygen atoms in total. The summed E-state index contributed by atoms with van der Waals surface area (Å²) in [6.45, 7) is 5.89. The van der Waals surface area contributed by atoms with Crippen molar-refractivity contribution >= 4 is 15.5 Å². The molecule has 3 rings (SSSR count). The van der Waals surface area contributed by atoms with Crippen LogP contribution in [-0.4, -0.2) is 52.2 Å². The molecule has 6 heteroatoms. The average Bonchev–Trinajstić information content (AvgIpc) is 2.81. The van der Waals surface area contributed by atoms with E-state index in [2.05, 4.69) is 23.2 Å². The Morgan fingerprint density at radius 3 is 2.71 bits per heavy atom. The maximum Gasteiger partial charge on any atom is 0.154 e. The van der Waals surface area contributed by atoms with E-state index in [1.54, 1.807) is 0 Å². The first-order chi connectivity index (χ1) is 10.0. The van der Waals surface area contributed by atoms with E-state index in [0.717, 1.165) is 37.6 Å². The number of piperazine rings is 1. The van der Waals surface area contributed by atoms with E-state index < -0.39 is 9.84 Å². The van der Waals surface area contributed by atoms with Gasteiger partial charge in [0.1, 0.15) is 11.9 Å². The monoisotopic (exact) mass is 310 g/mol. The maximum atomic E-state index is 11.6. The summed E-state index contributed by atoms with van der Waals surface area (Å²) >= 11 is 0. The number of sulfone groups is 1. The Bertz CT molecular complexity index is 609. The molecule has 0 spiro atoms. The molecule has 0 saturated carbocycles. The highest BCUT2D eigenvalue weighted by atomic mass is 32.2. The first kappa shape index (κ1) is 14.7. The highest BCUT2D eigenvalue weighted by Gasteiger charge is 2.30. The molecule has 0 aromatic heterocycles. The minimum absolute atomic E-state index is 0.141. The van der Waals surface area contributed by atoms with Gasteiger partial charge in [-0.15, -0.1) is 0 Å². The van der Waals surface area contributed by atoms with E-state index in [1.165, 1.54) is 5.56 Å². The molecular formula is C15H22N2O3S. The second-order valence-electron chi connectivity index (χ2n) is 5.85. The topological polar surface area (TPSA) is 58.6 Å². The largest absolute Gasteiger partial charge is 0.487 e. The summed E-state index contributed by atoms with van der Waals surface area (Å²) in [5.74, 6) is 1.19. The zero-order valence-corrected chi connectivity index (χ0v) is 13.2. The smallest absolute Gasteiger partial charge is 0.154 e. The van der Waals surface area contributed by atoms with Crippen molar-refractivity contribution in [1.29, 1.82) is 0 Å². The molecule has 2 heterocycles. The van der Waals surface area contributed by atoms with Gasteiger partial charge >= 0.3 is 0 Å². The lowest BCUT2D eigenvalue weighted by Crippen LogP contribution is -2.43. The van der Waals surface area contributed by atoms with Gasteiger partial charge in [0.15, 0.2) is 9.84 Å². The van der Waals surface area contributed by atoms with E-state index in [0.29, 0.717) is 6.42 Å². The standard InChI is InChI=1S/C15H22N2O3S/c1-12-2-3-15(20-13-4-9-21(18,19)11-13)14(10-12)17-7-5-16-6-8-17/h2-3,10,13,16H,4-9,11H2,1H3. The van der Waals surface area contributed by atoms with Gasteiger partial charge < -0.3 is 15.0 Å². The number of nitrogens with one attached hydrogen (secondary N) is 1. The first-order valence-corrected chi connectivity index (χ1v) is 9.29. The van der Waals surface area contributed by atoms with Gasteiger partial charge in [-0.05, 0) is 31.0 Å². The summed E-state index contributed by atoms with van der Waals surface area (Å²) in [4.78, 5) is 2.31. The molecule has 1 aromatic carbocycles. The summed E-state index contributed by atoms with van der Waals surface area (Å²) in [6.07, 6.45) is 0.386. The molecule has 1 aromatic rings. The Morgan fingerprint density at radius 2 is 2.05 bits per heavy atom. The lowest BCUT2D eigenvalue weighted by atomic mass is 10.1. The van der Waals surface area contributed by atoms with Crippen LogP contribution in [0, 0.1) is 6.92 Å². The number of nitrogens with zero attached hydrogens (tertiary/aromatic N) is 1. The molecule has 0 radical (unpaired) electrons. The fraction of sp³-hybridized carbons (Fsp3) is 0.600. The molecule has 2 saturated heterocycles. The van der Waals surface area contributed by atoms with Crippen molar-refractivity contribution in [3.8, 4) is 5.75 Å². The summed E-state index contributed by atoms with van der Waals surface area (Å²) in [7, 11) is -2.91. The fourth-order valence-corrected chi connectivity index (χ4v) is 4.50. The van der Waals surface area contributed by atoms with E-state index in [1.807, 2.05) is 12.1 Å². The zero-order valence-electron chi connectivity index (χ0n) is 12.3. The number of anilines is 1. The van der Waals surface area contributed by atoms with Gasteiger partial charge in [-0.3, -0.25) is 0 Å². The van der Waals surface area contributed by atoms with E-state index in [-0.39, 0.29) is 17.6 Å². The summed E-state index contributed by atoms with van der Waals surface area (Å²) in [6, 6.07) is 6.12. The van der Waals surface area contributed by atoms with E-state index in [9.17, 15) is 8.42 Å². The normalized spacial score (nSPS) is 25.0. The number of aryl methyl sites for hydroxylation is 1. The lowest BCUT2D eigenvalue weighted by molar-refractivity contribution is 0.229. The summed E-state index contributed by atoms with van der Waals surface area (Å²) in [5, 5.41) is 3.34. The van der Waals surface area contributed by atoms with Crippen LogP contribution in [0.5, 0.6) is 5.75 Å². The number of rotatable bonds is 3. The minimum atomic E-state index is -2.91. The molecule has 0 bridgehead atoms. The maximum absolute atomic E-state index is 11.6. The van der Waals surface area contributed by atoms with Gasteiger partial charge in [-0.2, -0.15) is 0 Å². The first-order valence-electron chi connectivity index (χ1n) is 7.47. The van der Waals surface area contributed by atoms with Crippen LogP contribution in [-0.2, 0) is 9.84 Å². The zero-order chi connectivity index (χ0) is 14.9. The Morgan fingerprint density at radius 1 is 1.29 bits per heavy atom. The van der Waals surface area contributed by atoms with Crippen molar-refractivity contribution in [2.75, 3.05) is 42.6 Å². The Labute approximate surface area is 126 Å². The van der Waals surface area contributed by atoms with Crippen LogP contribution in [0.15, 0.2) is 18.2 Å². The number of benzene rings is 1. The Hall–Kier alpha value is -1.27. The van der Waals surface area contributed by atoms with Crippen molar-refractivity contribution in [2.45, 2.75) is 19.4 Å². The van der Waals surface area contributed by atoms with Crippen molar-refractivity contribution < 1.29 is 13.2 Å². The lowest BCUT2D eigenvalue weighted by Gasteiger charge is -2.31. The highest BCUT2D eigenvalue weighted by Crippen LogP contribution is 2.32. The van der Waals surface area contributed by atoms with Crippen molar-refractivity contribution in [3.05, 3.63) is 23.8 Å². The van der Waals surface area contributed by atoms with Crippen LogP contribution >= 0.6 is 0 Å². The number of hydrogen-bond acceptors (Lipinski definition) is 5. The summed E-state index contributed by atoms with van der Waals surface area (Å²) in [5.41, 5.74) is 2.27. The van der Waals surface area contributed by atoms with Gasteiger partial charge in [0.25, 0.3) is 0 Å². The fourth-order valence-electron chi connectivity index (χ4n) is 2.91. The molecule has 0 aliphatic carbocycles. The minimum Gasteiger partial charge on any atom is -0.487 e. The van der Waals surface area contributed by atoms with E-state index >= 15 is 0 Å². The Balaban J connectivity index is 1.81. The van der Waals surface area contributed by atoms with Crippen molar-refractivity contribution in [2.24, 2.45) is 0 Å². The van der Waals surface area contributed by atoms with Gasteiger partial charge in [-0.25, -0.2) is 8.42 Å². The molecule has 2 aliphatic rings. The third-order valence-corrected chi connectivity index (χ3v) is 5.79. The molecular weight excluding hydrogens is 288 g/mol. The predicted octanol–water partition coefficient (Wildman–Crippen LogP) is 0.971. The van der Waals surface area contributed by atoms with Crippen LogP contribution in [0.2, 0.25) is 0 Å². The van der Waals surface area contributed by atoms with E-state index in [4.69, 9.17) is 4.74 Å². The van der Waals surface area contributed by atoms with Crippen LogP contribution in [0.1, 0.15) is 12.0 Å². The number of ether oxygens (including phenoxy) is 1. The predicted molar refractivity (Wildman–Crippen MR) is 83.9 cm³/mol. The highest BCUT2D eigenvalue weighted by molar-refractivity contribution is 7.91. The second kappa shape index (κ2) is 5.85. The van der Waals surface area contributed by atoms with Crippen LogP contribution in [0.25, 0.3) is 0 Å². The van der Waals surface area contributed by atoms with Crippen LogP contribution in [0.4, 0.5) is 5.69 Å². The third-order valence-electron chi connectivity index (χ3n) is 4.06. The summed E-state index contributed by atoms with van der Waals surface area (Å²) < 4.78 is 29.2. The molecule has 2 aliphatic heterocycles. The molecule has 1 atom stereocenters. The van der Waals surface area contributed by atoms with Gasteiger partial charge in [0, 0.05) is 26.2 Å². The van der Waals surface area contributed by atoms with Gasteiger partial charge in [0.2, 0.25) is 0 Å². The SMILES string of the molecule is Cc1ccc(OC2CCS(=O)(=O)C2)c(N2CCNCC2)c1. The van der Waals surface area contributed by atoms with Gasteiger partial charge in [-0.1, -0.05) is 6.07 Å². The van der Waals surface area contributed by atoms with Crippen LogP contribution < -0.4 is 15.0 Å². The molecule has 116 valence electrons. The molecule has 21 heavy (non-hydrogen) atoms. The van der Waals surface area contributed by atoms with Crippen molar-refractivity contribution in [1.82, 2.24) is 5.32 Å². The molecule has 2 fully saturated rings. The quantitative estimate of drug-likeness (QED) is 0.901. The van der Waals surface area contributed by atoms with Crippen molar-refractivity contribution in [3.63, 3.8) is 0 Å². The molecule has 1 unspecified atom stereocenters. The molecule has 0 amide bonds. The number of hydrogen-bond donors (Lipinski definition) is 1. The third kappa shape index (κ3) is 3.49. The second-order valence-corrected chi connectivity index (χ2v) is 8.08. The average molecular weight is 310 g/mol. The van der Waals surface area contributed by atoms with Gasteiger partial charge in [0.05, 0.1) is 17.2 Å². The Kier molecular flexibility index (Phi) is 4.08. The molecule has 1 N–H and O–H groups in total.